The number of aromatic nitrogens is 4. The van der Waals surface area contributed by atoms with Crippen molar-refractivity contribution in [3.8, 4) is 0 Å². The largest absolute Gasteiger partial charge is 0.427 e. The van der Waals surface area contributed by atoms with Crippen LogP contribution in [0.1, 0.15) is 58.2 Å². The molecule has 6 nitrogen and oxygen atoms in total. The minimum Gasteiger partial charge on any atom is -0.427 e. The molecular weight excluding hydrogens is 244 g/mol. The molecule has 0 amide bonds. The molecule has 0 spiro atoms. The topological polar surface area (TPSA) is 77.8 Å². The monoisotopic (exact) mass is 264 g/mol. The minimum absolute atomic E-state index is 0.164. The van der Waals surface area contributed by atoms with Crippen LogP contribution < -0.4 is 0 Å². The highest BCUT2D eigenvalue weighted by Crippen LogP contribution is 2.34. The van der Waals surface area contributed by atoms with Gasteiger partial charge < -0.3 is 8.83 Å². The average molecular weight is 264 g/mol. The van der Waals surface area contributed by atoms with Gasteiger partial charge in [-0.05, 0) is 12.8 Å². The van der Waals surface area contributed by atoms with Crippen molar-refractivity contribution in [3.05, 3.63) is 24.1 Å². The van der Waals surface area contributed by atoms with E-state index in [2.05, 4.69) is 48.1 Å². The second-order valence-electron chi connectivity index (χ2n) is 6.14. The number of hydrogen-bond donors (Lipinski definition) is 0. The quantitative estimate of drug-likeness (QED) is 0.826. The normalized spacial score (nSPS) is 12.9. The molecule has 2 aromatic rings. The predicted octanol–water partition coefficient (Wildman–Crippen LogP) is 2.80. The zero-order chi connectivity index (χ0) is 14.1. The maximum absolute atomic E-state index is 5.53. The molecule has 6 heteroatoms. The van der Waals surface area contributed by atoms with Gasteiger partial charge in [-0.25, -0.2) is 0 Å². The van der Waals surface area contributed by atoms with Crippen molar-refractivity contribution in [1.29, 1.82) is 0 Å². The van der Waals surface area contributed by atoms with Gasteiger partial charge in [0, 0.05) is 17.8 Å². The van der Waals surface area contributed by atoms with Crippen LogP contribution in [0.4, 0.5) is 0 Å². The summed E-state index contributed by atoms with van der Waals surface area (Å²) in [5.74, 6) is 1.93. The van der Waals surface area contributed by atoms with Crippen molar-refractivity contribution in [2.75, 3.05) is 0 Å². The van der Waals surface area contributed by atoms with Crippen LogP contribution in [0.5, 0.6) is 0 Å². The van der Waals surface area contributed by atoms with Crippen LogP contribution >= 0.6 is 0 Å². The van der Waals surface area contributed by atoms with Crippen LogP contribution in [-0.2, 0) is 10.8 Å². The Hall–Kier alpha value is -1.72. The Morgan fingerprint density at radius 1 is 0.947 bits per heavy atom. The van der Waals surface area contributed by atoms with Crippen molar-refractivity contribution >= 4 is 0 Å². The standard InChI is InChI=1S/C13H20N4O2/c1-9-15-17-11(19-9)13(4,5)7-6-12(2,3)10-16-14-8-18-10/h8H,6-7H2,1-5H3. The summed E-state index contributed by atoms with van der Waals surface area (Å²) in [6.45, 7) is 10.2. The van der Waals surface area contributed by atoms with Gasteiger partial charge >= 0.3 is 0 Å². The molecule has 0 aliphatic rings. The molecule has 2 aromatic heterocycles. The summed E-state index contributed by atoms with van der Waals surface area (Å²) in [6, 6.07) is 0. The molecule has 2 heterocycles. The molecule has 0 radical (unpaired) electrons. The Morgan fingerprint density at radius 3 is 2.05 bits per heavy atom. The third-order valence-corrected chi connectivity index (χ3v) is 3.42. The molecule has 0 aliphatic heterocycles. The fraction of sp³-hybridized carbons (Fsp3) is 0.692. The molecule has 19 heavy (non-hydrogen) atoms. The van der Waals surface area contributed by atoms with Gasteiger partial charge in [0.25, 0.3) is 0 Å². The van der Waals surface area contributed by atoms with E-state index in [0.29, 0.717) is 17.7 Å². The Labute approximate surface area is 112 Å². The first kappa shape index (κ1) is 13.7. The highest BCUT2D eigenvalue weighted by Gasteiger charge is 2.33. The minimum atomic E-state index is -0.168. The second kappa shape index (κ2) is 4.75. The van der Waals surface area contributed by atoms with Crippen LogP contribution in [0.25, 0.3) is 0 Å². The van der Waals surface area contributed by atoms with Crippen molar-refractivity contribution < 1.29 is 8.83 Å². The summed E-state index contributed by atoms with van der Waals surface area (Å²) >= 11 is 0. The smallest absolute Gasteiger partial charge is 0.222 e. The van der Waals surface area contributed by atoms with Crippen molar-refractivity contribution in [2.45, 2.75) is 58.3 Å². The van der Waals surface area contributed by atoms with E-state index >= 15 is 0 Å². The number of hydrogen-bond acceptors (Lipinski definition) is 6. The molecule has 0 fully saturated rings. The van der Waals surface area contributed by atoms with E-state index in [4.69, 9.17) is 8.83 Å². The summed E-state index contributed by atoms with van der Waals surface area (Å²) in [5.41, 5.74) is -0.332. The number of rotatable bonds is 5. The fourth-order valence-corrected chi connectivity index (χ4v) is 1.88. The zero-order valence-corrected chi connectivity index (χ0v) is 12.1. The van der Waals surface area contributed by atoms with Gasteiger partial charge in [-0.15, -0.1) is 20.4 Å². The van der Waals surface area contributed by atoms with Crippen molar-refractivity contribution in [1.82, 2.24) is 20.4 Å². The number of nitrogens with zero attached hydrogens (tertiary/aromatic N) is 4. The number of aryl methyl sites for hydroxylation is 1. The predicted molar refractivity (Wildman–Crippen MR) is 68.6 cm³/mol. The van der Waals surface area contributed by atoms with Crippen molar-refractivity contribution in [2.24, 2.45) is 0 Å². The molecule has 0 saturated heterocycles. The lowest BCUT2D eigenvalue weighted by molar-refractivity contribution is 0.280. The molecule has 104 valence electrons. The van der Waals surface area contributed by atoms with E-state index < -0.39 is 0 Å². The summed E-state index contributed by atoms with van der Waals surface area (Å²) in [5, 5.41) is 15.7. The lowest BCUT2D eigenvalue weighted by atomic mass is 9.79. The molecule has 0 saturated carbocycles. The van der Waals surface area contributed by atoms with E-state index in [1.165, 1.54) is 6.39 Å². The van der Waals surface area contributed by atoms with E-state index in [0.717, 1.165) is 12.8 Å². The summed E-state index contributed by atoms with van der Waals surface area (Å²) in [7, 11) is 0. The van der Waals surface area contributed by atoms with Gasteiger partial charge in [0.15, 0.2) is 0 Å². The molecule has 0 aliphatic carbocycles. The van der Waals surface area contributed by atoms with Crippen LogP contribution in [0.15, 0.2) is 15.2 Å². The Bertz CT molecular complexity index is 529. The Morgan fingerprint density at radius 2 is 1.58 bits per heavy atom. The van der Waals surface area contributed by atoms with Crippen LogP contribution in [-0.4, -0.2) is 20.4 Å². The first-order chi connectivity index (χ1) is 8.81. The van der Waals surface area contributed by atoms with Crippen molar-refractivity contribution in [3.63, 3.8) is 0 Å². The van der Waals surface area contributed by atoms with Crippen LogP contribution in [0, 0.1) is 6.92 Å². The van der Waals surface area contributed by atoms with E-state index in [-0.39, 0.29) is 10.8 Å². The lowest BCUT2D eigenvalue weighted by Gasteiger charge is -2.26. The third-order valence-electron chi connectivity index (χ3n) is 3.42. The summed E-state index contributed by atoms with van der Waals surface area (Å²) in [6.07, 6.45) is 3.15. The van der Waals surface area contributed by atoms with Gasteiger partial charge in [0.1, 0.15) is 0 Å². The van der Waals surface area contributed by atoms with Gasteiger partial charge in [-0.3, -0.25) is 0 Å². The second-order valence-corrected chi connectivity index (χ2v) is 6.14. The van der Waals surface area contributed by atoms with Crippen LogP contribution in [0.3, 0.4) is 0 Å². The first-order valence-electron chi connectivity index (χ1n) is 6.38. The molecular formula is C13H20N4O2. The van der Waals surface area contributed by atoms with Gasteiger partial charge in [-0.2, -0.15) is 0 Å². The summed E-state index contributed by atoms with van der Waals surface area (Å²) < 4.78 is 10.8. The van der Waals surface area contributed by atoms with E-state index in [1.807, 2.05) is 0 Å². The SMILES string of the molecule is Cc1nnc(C(C)(C)CCC(C)(C)c2nnco2)o1. The lowest BCUT2D eigenvalue weighted by Crippen LogP contribution is -2.25. The highest BCUT2D eigenvalue weighted by molar-refractivity contribution is 5.03. The first-order valence-corrected chi connectivity index (χ1v) is 6.38. The van der Waals surface area contributed by atoms with Gasteiger partial charge in [-0.1, -0.05) is 27.7 Å². The van der Waals surface area contributed by atoms with Gasteiger partial charge in [0.2, 0.25) is 24.1 Å². The molecule has 0 unspecified atom stereocenters. The highest BCUT2D eigenvalue weighted by atomic mass is 16.4. The van der Waals surface area contributed by atoms with E-state index in [9.17, 15) is 0 Å². The fourth-order valence-electron chi connectivity index (χ4n) is 1.88. The molecule has 0 N–H and O–H groups in total. The molecule has 0 bridgehead atoms. The molecule has 0 aromatic carbocycles. The zero-order valence-electron chi connectivity index (χ0n) is 12.1. The van der Waals surface area contributed by atoms with E-state index in [1.54, 1.807) is 6.92 Å². The molecule has 0 atom stereocenters. The molecule has 2 rings (SSSR count). The van der Waals surface area contributed by atoms with Crippen LogP contribution in [0.2, 0.25) is 0 Å². The summed E-state index contributed by atoms with van der Waals surface area (Å²) in [4.78, 5) is 0. The maximum Gasteiger partial charge on any atom is 0.222 e. The maximum atomic E-state index is 5.53. The Balaban J connectivity index is 2.05. The third kappa shape index (κ3) is 3.00. The van der Waals surface area contributed by atoms with Gasteiger partial charge in [0.05, 0.1) is 0 Å². The average Bonchev–Trinajstić information content (AvgIpc) is 2.97. The Kier molecular flexibility index (Phi) is 3.43.